The van der Waals surface area contributed by atoms with Gasteiger partial charge in [0.1, 0.15) is 5.82 Å². The van der Waals surface area contributed by atoms with Gasteiger partial charge in [-0.2, -0.15) is 4.31 Å². The number of benzene rings is 2. The van der Waals surface area contributed by atoms with Crippen LogP contribution >= 0.6 is 11.6 Å². The van der Waals surface area contributed by atoms with Gasteiger partial charge in [-0.1, -0.05) is 31.5 Å². The lowest BCUT2D eigenvalue weighted by molar-refractivity contribution is 0.102. The predicted molar refractivity (Wildman–Crippen MR) is 105 cm³/mol. The highest BCUT2D eigenvalue weighted by molar-refractivity contribution is 7.89. The van der Waals surface area contributed by atoms with Crippen LogP contribution in [0.3, 0.4) is 0 Å². The quantitative estimate of drug-likeness (QED) is 0.692. The van der Waals surface area contributed by atoms with Gasteiger partial charge in [0.15, 0.2) is 0 Å². The highest BCUT2D eigenvalue weighted by Gasteiger charge is 2.24. The summed E-state index contributed by atoms with van der Waals surface area (Å²) >= 11 is 5.70. The predicted octanol–water partition coefficient (Wildman–Crippen LogP) is 4.54. The molecule has 0 aromatic heterocycles. The molecule has 146 valence electrons. The molecule has 2 aromatic carbocycles. The highest BCUT2D eigenvalue weighted by Crippen LogP contribution is 2.21. The van der Waals surface area contributed by atoms with Crippen molar-refractivity contribution < 1.29 is 17.6 Å². The molecule has 0 unspecified atom stereocenters. The Bertz CT molecular complexity index is 913. The van der Waals surface area contributed by atoms with Crippen molar-refractivity contribution >= 4 is 33.2 Å². The van der Waals surface area contributed by atoms with Gasteiger partial charge in [0.25, 0.3) is 5.91 Å². The first-order chi connectivity index (χ1) is 12.8. The third-order valence-electron chi connectivity index (χ3n) is 3.86. The van der Waals surface area contributed by atoms with Crippen LogP contribution in [-0.2, 0) is 10.0 Å². The van der Waals surface area contributed by atoms with E-state index in [4.69, 9.17) is 11.6 Å². The number of sulfonamides is 1. The monoisotopic (exact) mass is 412 g/mol. The normalized spacial score (nSPS) is 11.6. The summed E-state index contributed by atoms with van der Waals surface area (Å²) in [4.78, 5) is 12.5. The fourth-order valence-corrected chi connectivity index (χ4v) is 4.41. The summed E-state index contributed by atoms with van der Waals surface area (Å²) in [5.74, 6) is -1.28. The lowest BCUT2D eigenvalue weighted by Crippen LogP contribution is -2.32. The van der Waals surface area contributed by atoms with E-state index in [1.165, 1.54) is 40.7 Å². The average Bonchev–Trinajstić information content (AvgIpc) is 2.64. The van der Waals surface area contributed by atoms with Crippen LogP contribution in [-0.4, -0.2) is 31.7 Å². The molecule has 27 heavy (non-hydrogen) atoms. The number of nitrogens with one attached hydrogen (secondary N) is 1. The van der Waals surface area contributed by atoms with Crippen LogP contribution < -0.4 is 5.32 Å². The summed E-state index contributed by atoms with van der Waals surface area (Å²) in [6, 6.07) is 9.62. The van der Waals surface area contributed by atoms with Crippen LogP contribution in [0.5, 0.6) is 0 Å². The van der Waals surface area contributed by atoms with Gasteiger partial charge in [0.2, 0.25) is 10.0 Å². The smallest absolute Gasteiger partial charge is 0.255 e. The molecule has 0 saturated carbocycles. The molecule has 1 N–H and O–H groups in total. The fourth-order valence-electron chi connectivity index (χ4n) is 2.58. The first kappa shape index (κ1) is 21.3. The van der Waals surface area contributed by atoms with E-state index in [1.54, 1.807) is 0 Å². The van der Waals surface area contributed by atoms with E-state index in [2.05, 4.69) is 5.32 Å². The van der Waals surface area contributed by atoms with E-state index >= 15 is 0 Å². The molecule has 0 aliphatic heterocycles. The number of halogens is 2. The molecule has 0 atom stereocenters. The van der Waals surface area contributed by atoms with Crippen molar-refractivity contribution in [3.8, 4) is 0 Å². The largest absolute Gasteiger partial charge is 0.319 e. The molecule has 0 bridgehead atoms. The van der Waals surface area contributed by atoms with Crippen molar-refractivity contribution in [2.24, 2.45) is 0 Å². The van der Waals surface area contributed by atoms with Gasteiger partial charge in [0.05, 0.1) is 10.6 Å². The van der Waals surface area contributed by atoms with Crippen molar-refractivity contribution in [3.63, 3.8) is 0 Å². The molecule has 2 rings (SSSR count). The van der Waals surface area contributed by atoms with Crippen LogP contribution in [0.15, 0.2) is 47.4 Å². The summed E-state index contributed by atoms with van der Waals surface area (Å²) in [5, 5.41) is 2.64. The summed E-state index contributed by atoms with van der Waals surface area (Å²) in [7, 11) is -3.71. The SMILES string of the molecule is CCCN(CCC)S(=O)(=O)c1cccc(C(=O)Nc2ccc(Cl)cc2F)c1. The molecule has 5 nitrogen and oxygen atoms in total. The Balaban J connectivity index is 2.29. The third kappa shape index (κ3) is 5.28. The van der Waals surface area contributed by atoms with E-state index in [-0.39, 0.29) is 21.2 Å². The maximum absolute atomic E-state index is 13.9. The van der Waals surface area contributed by atoms with E-state index in [9.17, 15) is 17.6 Å². The molecule has 0 spiro atoms. The van der Waals surface area contributed by atoms with E-state index < -0.39 is 21.7 Å². The van der Waals surface area contributed by atoms with Gasteiger partial charge >= 0.3 is 0 Å². The van der Waals surface area contributed by atoms with Gasteiger partial charge in [-0.25, -0.2) is 12.8 Å². The number of anilines is 1. The second kappa shape index (κ2) is 9.30. The van der Waals surface area contributed by atoms with Crippen molar-refractivity contribution in [1.82, 2.24) is 4.31 Å². The Morgan fingerprint density at radius 3 is 2.37 bits per heavy atom. The van der Waals surface area contributed by atoms with Gasteiger partial charge in [-0.3, -0.25) is 4.79 Å². The minimum Gasteiger partial charge on any atom is -0.319 e. The van der Waals surface area contributed by atoms with E-state index in [0.717, 1.165) is 6.07 Å². The van der Waals surface area contributed by atoms with Crippen LogP contribution in [0.25, 0.3) is 0 Å². The standard InChI is InChI=1S/C19H22ClFN2O3S/c1-3-10-23(11-4-2)27(25,26)16-7-5-6-14(12-16)19(24)22-18-9-8-15(20)13-17(18)21/h5-9,12-13H,3-4,10-11H2,1-2H3,(H,22,24). The minimum absolute atomic E-state index is 0.0312. The maximum atomic E-state index is 13.9. The number of hydrogen-bond donors (Lipinski definition) is 1. The van der Waals surface area contributed by atoms with Crippen LogP contribution in [0.2, 0.25) is 5.02 Å². The maximum Gasteiger partial charge on any atom is 0.255 e. The van der Waals surface area contributed by atoms with Gasteiger partial charge < -0.3 is 5.32 Å². The molecule has 2 aromatic rings. The molecular weight excluding hydrogens is 391 g/mol. The molecular formula is C19H22ClFN2O3S. The van der Waals surface area contributed by atoms with Crippen LogP contribution in [0.4, 0.5) is 10.1 Å². The molecule has 0 saturated heterocycles. The van der Waals surface area contributed by atoms with Crippen molar-refractivity contribution in [1.29, 1.82) is 0 Å². The van der Waals surface area contributed by atoms with E-state index in [1.807, 2.05) is 13.8 Å². The first-order valence-electron chi connectivity index (χ1n) is 8.66. The summed E-state index contributed by atoms with van der Waals surface area (Å²) in [6.45, 7) is 4.62. The molecule has 0 radical (unpaired) electrons. The summed E-state index contributed by atoms with van der Waals surface area (Å²) < 4.78 is 41.0. The second-order valence-electron chi connectivity index (χ2n) is 6.01. The second-order valence-corrected chi connectivity index (χ2v) is 8.38. The fraction of sp³-hybridized carbons (Fsp3) is 0.316. The molecule has 0 aliphatic carbocycles. The Hall–Kier alpha value is -1.96. The number of nitrogens with zero attached hydrogens (tertiary/aromatic N) is 1. The van der Waals surface area contributed by atoms with Gasteiger partial charge in [-0.15, -0.1) is 0 Å². The van der Waals surface area contributed by atoms with Crippen molar-refractivity contribution in [2.75, 3.05) is 18.4 Å². The number of rotatable bonds is 8. The van der Waals surface area contributed by atoms with Gasteiger partial charge in [-0.05, 0) is 49.2 Å². The highest BCUT2D eigenvalue weighted by atomic mass is 35.5. The molecule has 0 fully saturated rings. The van der Waals surface area contributed by atoms with Crippen molar-refractivity contribution in [2.45, 2.75) is 31.6 Å². The topological polar surface area (TPSA) is 66.5 Å². The Kier molecular flexibility index (Phi) is 7.35. The summed E-state index contributed by atoms with van der Waals surface area (Å²) in [5.41, 5.74) is 0.0922. The molecule has 8 heteroatoms. The number of carbonyl (C=O) groups excluding carboxylic acids is 1. The third-order valence-corrected chi connectivity index (χ3v) is 5.99. The lowest BCUT2D eigenvalue weighted by atomic mass is 10.2. The van der Waals surface area contributed by atoms with Crippen molar-refractivity contribution in [3.05, 3.63) is 58.9 Å². The van der Waals surface area contributed by atoms with Gasteiger partial charge in [0, 0.05) is 23.7 Å². The lowest BCUT2D eigenvalue weighted by Gasteiger charge is -2.21. The zero-order valence-corrected chi connectivity index (χ0v) is 16.8. The molecule has 1 amide bonds. The Morgan fingerprint density at radius 1 is 1.11 bits per heavy atom. The Morgan fingerprint density at radius 2 is 1.78 bits per heavy atom. The van der Waals surface area contributed by atoms with Crippen LogP contribution in [0.1, 0.15) is 37.0 Å². The zero-order valence-electron chi connectivity index (χ0n) is 15.2. The number of carbonyl (C=O) groups is 1. The number of hydrogen-bond acceptors (Lipinski definition) is 3. The van der Waals surface area contributed by atoms with Crippen LogP contribution in [0, 0.1) is 5.82 Å². The number of amides is 1. The molecule has 0 aliphatic rings. The Labute approximate surface area is 164 Å². The average molecular weight is 413 g/mol. The first-order valence-corrected chi connectivity index (χ1v) is 10.5. The zero-order chi connectivity index (χ0) is 20.0. The van der Waals surface area contributed by atoms with E-state index in [0.29, 0.717) is 25.9 Å². The molecule has 0 heterocycles. The summed E-state index contributed by atoms with van der Waals surface area (Å²) in [6.07, 6.45) is 1.38. The minimum atomic E-state index is -3.71.